The molecule has 123 heavy (non-hydrogen) atoms. The fourth-order valence-corrected chi connectivity index (χ4v) is 21.6. The van der Waals surface area contributed by atoms with Crippen LogP contribution in [-0.2, 0) is 21.7 Å². The third-order valence-corrected chi connectivity index (χ3v) is 27.7. The molecule has 18 aromatic carbocycles. The standard InChI is InChI=1S/C57H42FN3.C36H25BrN2.C21H18FN/c1-56(2)41-17-7-5-15-37(41)54-43(56)19-13-23-49(54)60(48-22-10-9-21-45(48)58)46-32-28-35-27-31-40-47(33-29-36-26-30-39(46)52(35)53(36)40)61(51-25-11-12-34-59-51)50-24-14-20-44-55(50)38-16-6-8-18-42(38)57(44,3)4;1-36(2)27-9-4-3-8-24(27)35-28(36)10-7-11-31(35)39(32-12-5-6-21-38-32)30-20-16-23-13-17-25-29(37)19-15-22-14-18-26(30)34(23)33(22)25;1-21(2)15-9-4-3-8-14(15)20-16(21)10-7-13-19(20)23-18-12-6-5-11-17(18)22/h5-34H,1-4H3;3-21H,1-2H3;3-13,23H,1-2H3. The lowest BCUT2D eigenvalue weighted by atomic mass is 9.82. The van der Waals surface area contributed by atoms with E-state index in [0.29, 0.717) is 11.4 Å². The summed E-state index contributed by atoms with van der Waals surface area (Å²) in [5.74, 6) is 1.24. The van der Waals surface area contributed by atoms with Crippen molar-refractivity contribution >= 4 is 143 Å². The number of halogens is 3. The topological polar surface area (TPSA) is 47.5 Å². The summed E-state index contributed by atoms with van der Waals surface area (Å²) in [6.07, 6.45) is 3.76. The summed E-state index contributed by atoms with van der Waals surface area (Å²) in [5.41, 5.74) is 28.1. The molecule has 9 heteroatoms. The van der Waals surface area contributed by atoms with Gasteiger partial charge in [-0.2, -0.15) is 0 Å². The van der Waals surface area contributed by atoms with Crippen molar-refractivity contribution < 1.29 is 8.78 Å². The summed E-state index contributed by atoms with van der Waals surface area (Å²) >= 11 is 3.80. The molecular formula is C114H85BrF2N6. The lowest BCUT2D eigenvalue weighted by Gasteiger charge is -2.31. The summed E-state index contributed by atoms with van der Waals surface area (Å²) in [6, 6.07) is 123. The number of anilines is 11. The number of pyridine rings is 2. The fraction of sp³-hybridized carbons (Fsp3) is 0.105. The molecule has 0 amide bonds. The molecule has 4 aliphatic rings. The lowest BCUT2D eigenvalue weighted by molar-refractivity contribution is 0.629. The van der Waals surface area contributed by atoms with Crippen molar-refractivity contribution in [3.8, 4) is 44.5 Å². The van der Waals surface area contributed by atoms with Crippen molar-refractivity contribution in [2.24, 2.45) is 0 Å². The average Bonchev–Trinajstić information content (AvgIpc) is 1.67. The summed E-state index contributed by atoms with van der Waals surface area (Å²) in [4.78, 5) is 16.8. The molecule has 1 N–H and O–H groups in total. The lowest BCUT2D eigenvalue weighted by Crippen LogP contribution is -2.16. The van der Waals surface area contributed by atoms with Gasteiger partial charge in [0, 0.05) is 82.6 Å². The van der Waals surface area contributed by atoms with E-state index in [2.05, 4.69) is 370 Å². The van der Waals surface area contributed by atoms with Crippen LogP contribution in [0.3, 0.4) is 0 Å². The SMILES string of the molecule is CC1(C)c2ccccc2-c2c(N(c3ccccn3)c3ccc4ccc5c(Br)ccc6ccc3c4c65)cccc21.CC1(C)c2ccccc2-c2c(N(c3ccccn3)c3ccc4ccc5c(N(c6ccccc6F)c6cccc7c6-c6ccccc6C7(C)C)ccc6ccc3c4c65)cccc21.CC1(C)c2ccccc2-c2c(Nc3ccccc3F)cccc21. The van der Waals surface area contributed by atoms with Gasteiger partial charge in [0.1, 0.15) is 23.3 Å². The average molecular weight is 1660 g/mol. The van der Waals surface area contributed by atoms with Crippen LogP contribution in [0.25, 0.3) is 109 Å². The molecule has 0 bridgehead atoms. The number of benzene rings is 18. The van der Waals surface area contributed by atoms with Crippen LogP contribution in [0.5, 0.6) is 0 Å². The molecule has 0 atom stereocenters. The van der Waals surface area contributed by atoms with Crippen LogP contribution < -0.4 is 20.0 Å². The van der Waals surface area contributed by atoms with E-state index in [-0.39, 0.29) is 33.3 Å². The molecule has 0 radical (unpaired) electrons. The predicted octanol–water partition coefficient (Wildman–Crippen LogP) is 32.1. The first kappa shape index (κ1) is 75.1. The molecule has 4 aliphatic carbocycles. The van der Waals surface area contributed by atoms with Crippen LogP contribution in [0.1, 0.15) is 99.9 Å². The minimum atomic E-state index is -0.273. The van der Waals surface area contributed by atoms with Gasteiger partial charge in [-0.3, -0.25) is 9.80 Å². The summed E-state index contributed by atoms with van der Waals surface area (Å²) < 4.78 is 31.6. The smallest absolute Gasteiger partial charge is 0.147 e. The molecule has 0 unspecified atom stereocenters. The van der Waals surface area contributed by atoms with E-state index < -0.39 is 0 Å². The summed E-state index contributed by atoms with van der Waals surface area (Å²) in [5, 5.41) is 17.6. The van der Waals surface area contributed by atoms with E-state index in [1.807, 2.05) is 54.9 Å². The molecule has 592 valence electrons. The third kappa shape index (κ3) is 11.5. The normalized spacial score (nSPS) is 14.1. The zero-order chi connectivity index (χ0) is 83.5. The van der Waals surface area contributed by atoms with Crippen LogP contribution in [0.15, 0.2) is 369 Å². The van der Waals surface area contributed by atoms with Gasteiger partial charge in [0.2, 0.25) is 0 Å². The first-order valence-electron chi connectivity index (χ1n) is 42.3. The highest BCUT2D eigenvalue weighted by atomic mass is 79.9. The van der Waals surface area contributed by atoms with E-state index in [0.717, 1.165) is 88.4 Å². The molecule has 24 rings (SSSR count). The molecule has 2 heterocycles. The molecule has 20 aromatic rings. The van der Waals surface area contributed by atoms with E-state index in [9.17, 15) is 4.39 Å². The molecule has 0 spiro atoms. The first-order valence-corrected chi connectivity index (χ1v) is 43.1. The second-order valence-corrected chi connectivity index (χ2v) is 35.9. The Balaban J connectivity index is 0.000000123. The molecule has 0 saturated heterocycles. The number of rotatable bonds is 11. The van der Waals surface area contributed by atoms with Crippen LogP contribution in [0.2, 0.25) is 0 Å². The van der Waals surface area contributed by atoms with E-state index in [1.165, 1.54) is 127 Å². The highest BCUT2D eigenvalue weighted by molar-refractivity contribution is 9.10. The van der Waals surface area contributed by atoms with Gasteiger partial charge >= 0.3 is 0 Å². The van der Waals surface area contributed by atoms with Gasteiger partial charge in [-0.15, -0.1) is 0 Å². The number of hydrogen-bond acceptors (Lipinski definition) is 6. The van der Waals surface area contributed by atoms with Crippen molar-refractivity contribution in [3.63, 3.8) is 0 Å². The van der Waals surface area contributed by atoms with Gasteiger partial charge in [0.25, 0.3) is 0 Å². The Kier molecular flexibility index (Phi) is 17.4. The van der Waals surface area contributed by atoms with Crippen molar-refractivity contribution in [2.75, 3.05) is 20.0 Å². The summed E-state index contributed by atoms with van der Waals surface area (Å²) in [6.45, 7) is 18.4. The summed E-state index contributed by atoms with van der Waals surface area (Å²) in [7, 11) is 0. The second kappa shape index (κ2) is 28.5. The Hall–Kier alpha value is -14.1. The molecule has 0 fully saturated rings. The first-order chi connectivity index (χ1) is 59.9. The minimum absolute atomic E-state index is 0.0428. The highest BCUT2D eigenvalue weighted by Crippen LogP contribution is 2.61. The van der Waals surface area contributed by atoms with Crippen molar-refractivity contribution in [3.05, 3.63) is 425 Å². The Morgan fingerprint density at radius 1 is 0.244 bits per heavy atom. The van der Waals surface area contributed by atoms with Gasteiger partial charge in [-0.1, -0.05) is 326 Å². The third-order valence-electron chi connectivity index (χ3n) is 27.0. The van der Waals surface area contributed by atoms with Gasteiger partial charge < -0.3 is 10.2 Å². The van der Waals surface area contributed by atoms with Crippen LogP contribution in [-0.4, -0.2) is 9.97 Å². The maximum absolute atomic E-state index is 16.5. The fourth-order valence-electron chi connectivity index (χ4n) is 21.2. The van der Waals surface area contributed by atoms with Gasteiger partial charge in [0.05, 0.1) is 45.5 Å². The van der Waals surface area contributed by atoms with E-state index in [4.69, 9.17) is 9.97 Å². The number of para-hydroxylation sites is 2. The van der Waals surface area contributed by atoms with Gasteiger partial charge in [0.15, 0.2) is 0 Å². The molecule has 0 saturated carbocycles. The van der Waals surface area contributed by atoms with Gasteiger partial charge in [-0.25, -0.2) is 18.7 Å². The quantitative estimate of drug-likeness (QED) is 0.130. The van der Waals surface area contributed by atoms with Crippen molar-refractivity contribution in [1.29, 1.82) is 0 Å². The Bertz CT molecular complexity index is 7680. The minimum Gasteiger partial charge on any atom is -0.353 e. The zero-order valence-electron chi connectivity index (χ0n) is 69.5. The number of fused-ring (bicyclic) bond motifs is 12. The number of aromatic nitrogens is 2. The predicted molar refractivity (Wildman–Crippen MR) is 514 cm³/mol. The Morgan fingerprint density at radius 3 is 0.959 bits per heavy atom. The zero-order valence-corrected chi connectivity index (χ0v) is 71.1. The largest absolute Gasteiger partial charge is 0.353 e. The molecule has 2 aromatic heterocycles. The van der Waals surface area contributed by atoms with Crippen molar-refractivity contribution in [2.45, 2.75) is 77.0 Å². The Morgan fingerprint density at radius 2 is 0.545 bits per heavy atom. The maximum atomic E-state index is 16.5. The monoisotopic (exact) mass is 1650 g/mol. The molecule has 0 aliphatic heterocycles. The number of nitrogens with one attached hydrogen (secondary N) is 1. The Labute approximate surface area is 723 Å². The number of nitrogens with zero attached hydrogens (tertiary/aromatic N) is 5. The molecule has 6 nitrogen and oxygen atoms in total. The maximum Gasteiger partial charge on any atom is 0.147 e. The highest BCUT2D eigenvalue weighted by Gasteiger charge is 2.43. The van der Waals surface area contributed by atoms with Gasteiger partial charge in [-0.05, 0) is 212 Å². The van der Waals surface area contributed by atoms with E-state index >= 15 is 4.39 Å². The molecular weight excluding hydrogens is 1570 g/mol. The van der Waals surface area contributed by atoms with Crippen LogP contribution in [0, 0.1) is 11.6 Å². The second-order valence-electron chi connectivity index (χ2n) is 35.1. The van der Waals surface area contributed by atoms with Crippen LogP contribution in [0.4, 0.5) is 71.6 Å². The van der Waals surface area contributed by atoms with E-state index in [1.54, 1.807) is 24.3 Å². The van der Waals surface area contributed by atoms with Crippen molar-refractivity contribution in [1.82, 2.24) is 9.97 Å². The number of hydrogen-bond donors (Lipinski definition) is 1. The van der Waals surface area contributed by atoms with Crippen LogP contribution >= 0.6 is 15.9 Å².